The van der Waals surface area contributed by atoms with E-state index in [1.54, 1.807) is 0 Å². The van der Waals surface area contributed by atoms with Crippen molar-refractivity contribution in [3.05, 3.63) is 35.9 Å². The molecule has 92 valence electrons. The Bertz CT molecular complexity index is 360. The van der Waals surface area contributed by atoms with Gasteiger partial charge in [0.2, 0.25) is 5.91 Å². The minimum atomic E-state index is -0.571. The molecule has 0 aromatic heterocycles. The summed E-state index contributed by atoms with van der Waals surface area (Å²) in [5.74, 6) is -0.0650. The van der Waals surface area contributed by atoms with Gasteiger partial charge in [0, 0.05) is 6.04 Å². The summed E-state index contributed by atoms with van der Waals surface area (Å²) in [7, 11) is 0. The highest BCUT2D eigenvalue weighted by Gasteiger charge is 2.21. The summed E-state index contributed by atoms with van der Waals surface area (Å²) in [6.07, 6.45) is 5.89. The number of halogens is 1. The van der Waals surface area contributed by atoms with Gasteiger partial charge in [0.25, 0.3) is 0 Å². The lowest BCUT2D eigenvalue weighted by Gasteiger charge is -2.24. The molecule has 0 unspecified atom stereocenters. The van der Waals surface area contributed by atoms with Gasteiger partial charge < -0.3 is 5.32 Å². The largest absolute Gasteiger partial charge is 0.352 e. The lowest BCUT2D eigenvalue weighted by molar-refractivity contribution is -0.121. The molecule has 1 aliphatic rings. The topological polar surface area (TPSA) is 29.1 Å². The van der Waals surface area contributed by atoms with Gasteiger partial charge in [0.15, 0.2) is 0 Å². The molecule has 0 radical (unpaired) electrons. The van der Waals surface area contributed by atoms with E-state index < -0.39 is 5.38 Å². The molecule has 17 heavy (non-hydrogen) atoms. The Balaban J connectivity index is 1.91. The number of amides is 1. The van der Waals surface area contributed by atoms with Crippen LogP contribution in [0.5, 0.6) is 0 Å². The van der Waals surface area contributed by atoms with Crippen molar-refractivity contribution in [3.8, 4) is 0 Å². The van der Waals surface area contributed by atoms with E-state index in [0.717, 1.165) is 18.4 Å². The van der Waals surface area contributed by atoms with Gasteiger partial charge in [-0.25, -0.2) is 0 Å². The van der Waals surface area contributed by atoms with Crippen LogP contribution in [0.1, 0.15) is 43.0 Å². The number of carbonyl (C=O) groups excluding carboxylic acids is 1. The summed E-state index contributed by atoms with van der Waals surface area (Å²) >= 11 is 6.16. The zero-order valence-electron chi connectivity index (χ0n) is 9.86. The van der Waals surface area contributed by atoms with Crippen LogP contribution in [-0.2, 0) is 4.79 Å². The van der Waals surface area contributed by atoms with Crippen molar-refractivity contribution >= 4 is 17.5 Å². The molecule has 2 nitrogen and oxygen atoms in total. The molecule has 0 heterocycles. The lowest BCUT2D eigenvalue weighted by atomic mass is 9.95. The summed E-state index contributed by atoms with van der Waals surface area (Å²) in [6, 6.07) is 9.82. The number of benzene rings is 1. The molecule has 1 atom stereocenters. The van der Waals surface area contributed by atoms with Gasteiger partial charge in [-0.1, -0.05) is 49.6 Å². The van der Waals surface area contributed by atoms with Gasteiger partial charge in [-0.3, -0.25) is 4.79 Å². The van der Waals surface area contributed by atoms with E-state index in [9.17, 15) is 4.79 Å². The monoisotopic (exact) mass is 251 g/mol. The molecular weight excluding hydrogens is 234 g/mol. The minimum Gasteiger partial charge on any atom is -0.352 e. The molecule has 1 aromatic carbocycles. The lowest BCUT2D eigenvalue weighted by Crippen LogP contribution is -2.38. The van der Waals surface area contributed by atoms with Crippen molar-refractivity contribution in [3.63, 3.8) is 0 Å². The van der Waals surface area contributed by atoms with E-state index in [1.807, 2.05) is 30.3 Å². The average molecular weight is 252 g/mol. The van der Waals surface area contributed by atoms with Crippen molar-refractivity contribution in [2.24, 2.45) is 0 Å². The van der Waals surface area contributed by atoms with Crippen LogP contribution in [0.3, 0.4) is 0 Å². The van der Waals surface area contributed by atoms with E-state index in [-0.39, 0.29) is 5.91 Å². The highest BCUT2D eigenvalue weighted by molar-refractivity contribution is 6.30. The van der Waals surface area contributed by atoms with Crippen molar-refractivity contribution < 1.29 is 4.79 Å². The summed E-state index contributed by atoms with van der Waals surface area (Å²) in [6.45, 7) is 0. The maximum atomic E-state index is 12.0. The van der Waals surface area contributed by atoms with Crippen LogP contribution in [-0.4, -0.2) is 11.9 Å². The zero-order chi connectivity index (χ0) is 12.1. The molecular formula is C14H18ClNO. The number of alkyl halides is 1. The van der Waals surface area contributed by atoms with Crippen molar-refractivity contribution in [1.82, 2.24) is 5.32 Å². The minimum absolute atomic E-state index is 0.0650. The summed E-state index contributed by atoms with van der Waals surface area (Å²) in [4.78, 5) is 12.0. The molecule has 0 aliphatic heterocycles. The molecule has 0 spiro atoms. The fourth-order valence-electron chi connectivity index (χ4n) is 2.29. The summed E-state index contributed by atoms with van der Waals surface area (Å²) in [5, 5.41) is 2.48. The van der Waals surface area contributed by atoms with Crippen LogP contribution in [0, 0.1) is 0 Å². The second-order valence-electron chi connectivity index (χ2n) is 4.62. The van der Waals surface area contributed by atoms with Gasteiger partial charge in [0.1, 0.15) is 5.38 Å². The first-order valence-electron chi connectivity index (χ1n) is 6.27. The third-order valence-electron chi connectivity index (χ3n) is 3.27. The van der Waals surface area contributed by atoms with Crippen LogP contribution >= 0.6 is 11.6 Å². The standard InChI is InChI=1S/C14H18ClNO/c15-13(11-7-3-1-4-8-11)14(17)16-12-9-5-2-6-10-12/h1,3-4,7-8,12-13H,2,5-6,9-10H2,(H,16,17)/t13-/m0/s1. The Labute approximate surface area is 107 Å². The third-order valence-corrected chi connectivity index (χ3v) is 3.72. The number of nitrogens with one attached hydrogen (secondary N) is 1. The Morgan fingerprint density at radius 2 is 1.82 bits per heavy atom. The number of hydrogen-bond donors (Lipinski definition) is 1. The van der Waals surface area contributed by atoms with Crippen LogP contribution in [0.25, 0.3) is 0 Å². The maximum absolute atomic E-state index is 12.0. The van der Waals surface area contributed by atoms with Gasteiger partial charge in [-0.15, -0.1) is 11.6 Å². The van der Waals surface area contributed by atoms with Gasteiger partial charge in [-0.05, 0) is 18.4 Å². The summed E-state index contributed by atoms with van der Waals surface area (Å²) in [5.41, 5.74) is 0.863. The molecule has 0 saturated heterocycles. The Morgan fingerprint density at radius 1 is 1.18 bits per heavy atom. The molecule has 1 saturated carbocycles. The van der Waals surface area contributed by atoms with Crippen LogP contribution in [0.2, 0.25) is 0 Å². The molecule has 1 amide bonds. The second kappa shape index (κ2) is 6.06. The molecule has 1 N–H and O–H groups in total. The first kappa shape index (κ1) is 12.4. The number of rotatable bonds is 3. The van der Waals surface area contributed by atoms with Gasteiger partial charge in [-0.2, -0.15) is 0 Å². The van der Waals surface area contributed by atoms with E-state index in [0.29, 0.717) is 6.04 Å². The first-order valence-corrected chi connectivity index (χ1v) is 6.70. The van der Waals surface area contributed by atoms with Gasteiger partial charge in [0.05, 0.1) is 0 Å². The number of carbonyl (C=O) groups is 1. The third kappa shape index (κ3) is 3.47. The fourth-order valence-corrected chi connectivity index (χ4v) is 2.50. The second-order valence-corrected chi connectivity index (χ2v) is 5.05. The van der Waals surface area contributed by atoms with Crippen LogP contribution in [0.15, 0.2) is 30.3 Å². The normalized spacial score (nSPS) is 18.6. The Kier molecular flexibility index (Phi) is 4.43. The van der Waals surface area contributed by atoms with Crippen molar-refractivity contribution in [2.45, 2.75) is 43.5 Å². The summed E-state index contributed by atoms with van der Waals surface area (Å²) < 4.78 is 0. The Hall–Kier alpha value is -1.02. The Morgan fingerprint density at radius 3 is 2.47 bits per heavy atom. The molecule has 2 rings (SSSR count). The van der Waals surface area contributed by atoms with Gasteiger partial charge >= 0.3 is 0 Å². The van der Waals surface area contributed by atoms with E-state index in [4.69, 9.17) is 11.6 Å². The van der Waals surface area contributed by atoms with E-state index in [2.05, 4.69) is 5.32 Å². The average Bonchev–Trinajstić information content (AvgIpc) is 2.40. The van der Waals surface area contributed by atoms with Crippen molar-refractivity contribution in [2.75, 3.05) is 0 Å². The highest BCUT2D eigenvalue weighted by Crippen LogP contribution is 2.22. The SMILES string of the molecule is O=C(NC1CCCCC1)[C@@H](Cl)c1ccccc1. The molecule has 1 fully saturated rings. The highest BCUT2D eigenvalue weighted by atomic mass is 35.5. The quantitative estimate of drug-likeness (QED) is 0.820. The number of hydrogen-bond acceptors (Lipinski definition) is 1. The predicted octanol–water partition coefficient (Wildman–Crippen LogP) is 3.42. The first-order chi connectivity index (χ1) is 8.27. The molecule has 1 aromatic rings. The molecule has 1 aliphatic carbocycles. The van der Waals surface area contributed by atoms with Crippen LogP contribution < -0.4 is 5.32 Å². The maximum Gasteiger partial charge on any atom is 0.242 e. The van der Waals surface area contributed by atoms with Crippen molar-refractivity contribution in [1.29, 1.82) is 0 Å². The predicted molar refractivity (Wildman–Crippen MR) is 70.1 cm³/mol. The van der Waals surface area contributed by atoms with E-state index >= 15 is 0 Å². The van der Waals surface area contributed by atoms with Crippen LogP contribution in [0.4, 0.5) is 0 Å². The zero-order valence-corrected chi connectivity index (χ0v) is 10.6. The smallest absolute Gasteiger partial charge is 0.242 e. The molecule has 0 bridgehead atoms. The molecule has 3 heteroatoms. The fraction of sp³-hybridized carbons (Fsp3) is 0.500. The van der Waals surface area contributed by atoms with E-state index in [1.165, 1.54) is 19.3 Å².